The van der Waals surface area contributed by atoms with Gasteiger partial charge in [-0.25, -0.2) is 0 Å². The molecule has 0 aromatic rings. The number of hydrogen-bond donors (Lipinski definition) is 0. The summed E-state index contributed by atoms with van der Waals surface area (Å²) in [5.74, 6) is 1.85. The minimum absolute atomic E-state index is 0.809. The number of rotatable bonds is 5. The van der Waals surface area contributed by atoms with Crippen LogP contribution in [0.25, 0.3) is 0 Å². The van der Waals surface area contributed by atoms with E-state index in [9.17, 15) is 0 Å². The monoisotopic (exact) mass is 211 g/mol. The van der Waals surface area contributed by atoms with Crippen LogP contribution >= 0.6 is 0 Å². The average Bonchev–Trinajstić information content (AvgIpc) is 2.18. The van der Waals surface area contributed by atoms with Crippen molar-refractivity contribution in [3.8, 4) is 0 Å². The lowest BCUT2D eigenvalue weighted by Crippen LogP contribution is -2.37. The molecular formula is C14H29N. The van der Waals surface area contributed by atoms with E-state index in [1.54, 1.807) is 0 Å². The number of hydrogen-bond acceptors (Lipinski definition) is 1. The molecule has 0 atom stereocenters. The largest absolute Gasteiger partial charge is 0.303 e. The fourth-order valence-electron chi connectivity index (χ4n) is 3.01. The van der Waals surface area contributed by atoms with Gasteiger partial charge in [0.25, 0.3) is 0 Å². The SMILES string of the molecule is CCC[C@H]1CC[C@H](N(C)CC(C)C)CC1. The Labute approximate surface area is 96.2 Å². The topological polar surface area (TPSA) is 3.24 Å². The van der Waals surface area contributed by atoms with Crippen LogP contribution in [0.2, 0.25) is 0 Å². The van der Waals surface area contributed by atoms with Crippen LogP contribution in [0.1, 0.15) is 59.3 Å². The molecule has 1 aliphatic carbocycles. The second-order valence-electron chi connectivity index (χ2n) is 5.80. The molecule has 1 fully saturated rings. The molecule has 1 rings (SSSR count). The van der Waals surface area contributed by atoms with Crippen molar-refractivity contribution in [1.82, 2.24) is 4.90 Å². The zero-order chi connectivity index (χ0) is 11.3. The van der Waals surface area contributed by atoms with Gasteiger partial charge in [-0.2, -0.15) is 0 Å². The first-order valence-corrected chi connectivity index (χ1v) is 6.83. The molecule has 0 radical (unpaired) electrons. The number of nitrogens with zero attached hydrogens (tertiary/aromatic N) is 1. The van der Waals surface area contributed by atoms with Crippen molar-refractivity contribution >= 4 is 0 Å². The van der Waals surface area contributed by atoms with E-state index >= 15 is 0 Å². The Bertz CT molecular complexity index is 157. The van der Waals surface area contributed by atoms with Crippen molar-refractivity contribution in [2.45, 2.75) is 65.3 Å². The van der Waals surface area contributed by atoms with Crippen molar-refractivity contribution in [1.29, 1.82) is 0 Å². The van der Waals surface area contributed by atoms with E-state index in [4.69, 9.17) is 0 Å². The zero-order valence-electron chi connectivity index (χ0n) is 11.1. The van der Waals surface area contributed by atoms with Crippen molar-refractivity contribution < 1.29 is 0 Å². The maximum absolute atomic E-state index is 2.59. The fraction of sp³-hybridized carbons (Fsp3) is 1.00. The predicted molar refractivity (Wildman–Crippen MR) is 68.1 cm³/mol. The minimum atomic E-state index is 0.809. The summed E-state index contributed by atoms with van der Waals surface area (Å²) in [5.41, 5.74) is 0. The summed E-state index contributed by atoms with van der Waals surface area (Å²) in [6.45, 7) is 8.22. The van der Waals surface area contributed by atoms with Gasteiger partial charge in [-0.15, -0.1) is 0 Å². The van der Waals surface area contributed by atoms with Crippen LogP contribution in [-0.2, 0) is 0 Å². The molecular weight excluding hydrogens is 182 g/mol. The third kappa shape index (κ3) is 4.55. The minimum Gasteiger partial charge on any atom is -0.303 e. The van der Waals surface area contributed by atoms with E-state index < -0.39 is 0 Å². The smallest absolute Gasteiger partial charge is 0.00925 e. The Hall–Kier alpha value is -0.0400. The van der Waals surface area contributed by atoms with E-state index in [1.165, 1.54) is 45.1 Å². The van der Waals surface area contributed by atoms with Gasteiger partial charge in [-0.3, -0.25) is 0 Å². The quantitative estimate of drug-likeness (QED) is 0.666. The normalized spacial score (nSPS) is 27.6. The molecule has 1 aliphatic rings. The second kappa shape index (κ2) is 6.52. The maximum Gasteiger partial charge on any atom is 0.00925 e. The van der Waals surface area contributed by atoms with Crippen molar-refractivity contribution in [2.75, 3.05) is 13.6 Å². The molecule has 0 saturated heterocycles. The standard InChI is InChI=1S/C14H29N/c1-5-6-13-7-9-14(10-8-13)15(4)11-12(2)3/h12-14H,5-11H2,1-4H3/t13-,14-. The molecule has 1 saturated carbocycles. The van der Waals surface area contributed by atoms with Gasteiger partial charge in [0.05, 0.1) is 0 Å². The van der Waals surface area contributed by atoms with Crippen LogP contribution in [0.5, 0.6) is 0 Å². The van der Waals surface area contributed by atoms with E-state index in [1.807, 2.05) is 0 Å². The summed E-state index contributed by atoms with van der Waals surface area (Å²) in [5, 5.41) is 0. The zero-order valence-corrected chi connectivity index (χ0v) is 11.1. The molecule has 0 heterocycles. The van der Waals surface area contributed by atoms with Gasteiger partial charge in [0.1, 0.15) is 0 Å². The van der Waals surface area contributed by atoms with Crippen LogP contribution in [0.4, 0.5) is 0 Å². The highest BCUT2D eigenvalue weighted by Gasteiger charge is 2.23. The Morgan fingerprint density at radius 3 is 2.20 bits per heavy atom. The van der Waals surface area contributed by atoms with Gasteiger partial charge in [0.2, 0.25) is 0 Å². The predicted octanol–water partition coefficient (Wildman–Crippen LogP) is 3.93. The molecule has 0 spiro atoms. The van der Waals surface area contributed by atoms with Crippen LogP contribution in [0, 0.1) is 11.8 Å². The van der Waals surface area contributed by atoms with Gasteiger partial charge in [0, 0.05) is 12.6 Å². The van der Waals surface area contributed by atoms with Crippen molar-refractivity contribution in [2.24, 2.45) is 11.8 Å². The van der Waals surface area contributed by atoms with Crippen LogP contribution in [-0.4, -0.2) is 24.5 Å². The van der Waals surface area contributed by atoms with Gasteiger partial charge >= 0.3 is 0 Å². The molecule has 0 aliphatic heterocycles. The highest BCUT2D eigenvalue weighted by molar-refractivity contribution is 4.78. The molecule has 0 bridgehead atoms. The van der Waals surface area contributed by atoms with E-state index in [0.717, 1.165) is 17.9 Å². The maximum atomic E-state index is 2.59. The molecule has 0 aromatic carbocycles. The second-order valence-corrected chi connectivity index (χ2v) is 5.80. The first-order chi connectivity index (χ1) is 7.13. The summed E-state index contributed by atoms with van der Waals surface area (Å²) in [4.78, 5) is 2.59. The van der Waals surface area contributed by atoms with E-state index in [0.29, 0.717) is 0 Å². The Balaban J connectivity index is 2.24. The van der Waals surface area contributed by atoms with Gasteiger partial charge in [-0.05, 0) is 44.6 Å². The third-order valence-electron chi connectivity index (χ3n) is 3.79. The molecule has 90 valence electrons. The van der Waals surface area contributed by atoms with E-state index in [-0.39, 0.29) is 0 Å². The van der Waals surface area contributed by atoms with Gasteiger partial charge in [-0.1, -0.05) is 33.6 Å². The summed E-state index contributed by atoms with van der Waals surface area (Å²) in [7, 11) is 2.31. The molecule has 1 heteroatoms. The molecule has 1 nitrogen and oxygen atoms in total. The van der Waals surface area contributed by atoms with E-state index in [2.05, 4.69) is 32.7 Å². The lowest BCUT2D eigenvalue weighted by molar-refractivity contribution is 0.148. The van der Waals surface area contributed by atoms with Crippen molar-refractivity contribution in [3.63, 3.8) is 0 Å². The summed E-state index contributed by atoms with van der Waals surface area (Å²) < 4.78 is 0. The van der Waals surface area contributed by atoms with Crippen LogP contribution in [0.3, 0.4) is 0 Å². The molecule has 15 heavy (non-hydrogen) atoms. The molecule has 0 aromatic heterocycles. The van der Waals surface area contributed by atoms with Crippen molar-refractivity contribution in [3.05, 3.63) is 0 Å². The average molecular weight is 211 g/mol. The first-order valence-electron chi connectivity index (χ1n) is 6.83. The summed E-state index contributed by atoms with van der Waals surface area (Å²) >= 11 is 0. The lowest BCUT2D eigenvalue weighted by Gasteiger charge is -2.35. The molecule has 0 unspecified atom stereocenters. The van der Waals surface area contributed by atoms with Gasteiger partial charge in [0.15, 0.2) is 0 Å². The Morgan fingerprint density at radius 2 is 1.73 bits per heavy atom. The molecule has 0 amide bonds. The third-order valence-corrected chi connectivity index (χ3v) is 3.79. The highest BCUT2D eigenvalue weighted by atomic mass is 15.1. The lowest BCUT2D eigenvalue weighted by atomic mass is 9.83. The summed E-state index contributed by atoms with van der Waals surface area (Å²) in [6.07, 6.45) is 8.65. The highest BCUT2D eigenvalue weighted by Crippen LogP contribution is 2.30. The first kappa shape index (κ1) is 13.0. The van der Waals surface area contributed by atoms with Gasteiger partial charge < -0.3 is 4.90 Å². The Kier molecular flexibility index (Phi) is 5.66. The van der Waals surface area contributed by atoms with Crippen LogP contribution in [0.15, 0.2) is 0 Å². The van der Waals surface area contributed by atoms with Crippen LogP contribution < -0.4 is 0 Å². The summed E-state index contributed by atoms with van der Waals surface area (Å²) in [6, 6.07) is 0.875. The fourth-order valence-corrected chi connectivity index (χ4v) is 3.01. The Morgan fingerprint density at radius 1 is 1.13 bits per heavy atom. The molecule has 0 N–H and O–H groups in total.